The molecular formula is C20H16F2IN3O2. The second kappa shape index (κ2) is 7.57. The smallest absolute Gasteiger partial charge is 0.261 e. The molecular weight excluding hydrogens is 479 g/mol. The van der Waals surface area contributed by atoms with E-state index in [1.807, 2.05) is 6.07 Å². The van der Waals surface area contributed by atoms with Crippen LogP contribution >= 0.6 is 22.6 Å². The number of carbonyl (C=O) groups is 1. The monoisotopic (exact) mass is 495 g/mol. The van der Waals surface area contributed by atoms with E-state index < -0.39 is 17.5 Å². The van der Waals surface area contributed by atoms with E-state index in [4.69, 9.17) is 0 Å². The molecule has 1 aromatic heterocycles. The van der Waals surface area contributed by atoms with Gasteiger partial charge in [0.05, 0.1) is 14.5 Å². The predicted molar refractivity (Wildman–Crippen MR) is 110 cm³/mol. The van der Waals surface area contributed by atoms with E-state index in [0.717, 1.165) is 25.0 Å². The standard InChI is InChI=1S/C20H16F2IN3O2/c21-14-9-11(10-15(22)19(14)23)24-18(27)8-7-17-25-16-4-2-1-3-13(16)20(28)26(17)12-5-6-12/h1-4,9-10,12H,5-8H2,(H,24,27). The first kappa shape index (κ1) is 19.0. The van der Waals surface area contributed by atoms with Crippen LogP contribution in [0.3, 0.4) is 0 Å². The number of para-hydroxylation sites is 1. The van der Waals surface area contributed by atoms with Gasteiger partial charge in [0.1, 0.15) is 17.5 Å². The minimum absolute atomic E-state index is 0.0483. The molecule has 0 bridgehead atoms. The third kappa shape index (κ3) is 3.78. The minimum Gasteiger partial charge on any atom is -0.326 e. The van der Waals surface area contributed by atoms with Crippen LogP contribution in [0.25, 0.3) is 10.9 Å². The summed E-state index contributed by atoms with van der Waals surface area (Å²) in [6.07, 6.45) is 2.14. The molecule has 1 saturated carbocycles. The molecule has 0 atom stereocenters. The molecule has 0 saturated heterocycles. The summed E-state index contributed by atoms with van der Waals surface area (Å²) in [7, 11) is 0. The summed E-state index contributed by atoms with van der Waals surface area (Å²) < 4.78 is 28.8. The lowest BCUT2D eigenvalue weighted by atomic mass is 10.2. The highest BCUT2D eigenvalue weighted by Gasteiger charge is 2.28. The Hall–Kier alpha value is -2.36. The van der Waals surface area contributed by atoms with Gasteiger partial charge in [0.2, 0.25) is 5.91 Å². The summed E-state index contributed by atoms with van der Waals surface area (Å²) in [5, 5.41) is 3.06. The summed E-state index contributed by atoms with van der Waals surface area (Å²) in [6, 6.07) is 9.42. The number of fused-ring (bicyclic) bond motifs is 1. The van der Waals surface area contributed by atoms with Crippen molar-refractivity contribution < 1.29 is 13.6 Å². The second-order valence-corrected chi connectivity index (χ2v) is 7.83. The molecule has 4 rings (SSSR count). The number of nitrogens with one attached hydrogen (secondary N) is 1. The van der Waals surface area contributed by atoms with Crippen molar-refractivity contribution in [2.75, 3.05) is 5.32 Å². The zero-order chi connectivity index (χ0) is 19.8. The molecule has 0 spiro atoms. The quantitative estimate of drug-likeness (QED) is 0.427. The number of nitrogens with zero attached hydrogens (tertiary/aromatic N) is 2. The van der Waals surface area contributed by atoms with Gasteiger partial charge in [-0.3, -0.25) is 14.2 Å². The van der Waals surface area contributed by atoms with Crippen molar-refractivity contribution in [1.82, 2.24) is 9.55 Å². The van der Waals surface area contributed by atoms with Gasteiger partial charge in [-0.2, -0.15) is 0 Å². The van der Waals surface area contributed by atoms with Crippen LogP contribution in [0.1, 0.15) is 31.1 Å². The molecule has 1 heterocycles. The van der Waals surface area contributed by atoms with E-state index in [2.05, 4.69) is 10.3 Å². The van der Waals surface area contributed by atoms with Gasteiger partial charge in [-0.25, -0.2) is 13.8 Å². The fraction of sp³-hybridized carbons (Fsp3) is 0.250. The van der Waals surface area contributed by atoms with E-state index in [-0.39, 0.29) is 33.7 Å². The van der Waals surface area contributed by atoms with Crippen LogP contribution in [0.15, 0.2) is 41.2 Å². The van der Waals surface area contributed by atoms with Crippen LogP contribution in [0.5, 0.6) is 0 Å². The van der Waals surface area contributed by atoms with E-state index in [1.54, 1.807) is 45.4 Å². The largest absolute Gasteiger partial charge is 0.326 e. The Balaban J connectivity index is 1.55. The Morgan fingerprint density at radius 1 is 1.21 bits per heavy atom. The normalized spacial score (nSPS) is 13.7. The predicted octanol–water partition coefficient (Wildman–Crippen LogP) is 4.19. The van der Waals surface area contributed by atoms with Gasteiger partial charge < -0.3 is 5.32 Å². The first-order chi connectivity index (χ1) is 13.4. The van der Waals surface area contributed by atoms with Crippen LogP contribution in [0.4, 0.5) is 14.5 Å². The summed E-state index contributed by atoms with van der Waals surface area (Å²) in [5.41, 5.74) is 0.568. The number of halogens is 3. The van der Waals surface area contributed by atoms with Crippen LogP contribution in [-0.2, 0) is 11.2 Å². The molecule has 1 aliphatic carbocycles. The molecule has 8 heteroatoms. The molecule has 1 aliphatic rings. The number of carbonyl (C=O) groups excluding carboxylic acids is 1. The van der Waals surface area contributed by atoms with Crippen molar-refractivity contribution in [2.24, 2.45) is 0 Å². The van der Waals surface area contributed by atoms with E-state index >= 15 is 0 Å². The van der Waals surface area contributed by atoms with Crippen LogP contribution in [0.2, 0.25) is 0 Å². The van der Waals surface area contributed by atoms with Crippen molar-refractivity contribution in [3.63, 3.8) is 0 Å². The molecule has 1 fully saturated rings. The molecule has 0 aliphatic heterocycles. The topological polar surface area (TPSA) is 64.0 Å². The fourth-order valence-electron chi connectivity index (χ4n) is 3.15. The Labute approximate surface area is 172 Å². The number of anilines is 1. The third-order valence-corrected chi connectivity index (χ3v) is 5.67. The Morgan fingerprint density at radius 3 is 2.57 bits per heavy atom. The van der Waals surface area contributed by atoms with Crippen molar-refractivity contribution in [2.45, 2.75) is 31.7 Å². The van der Waals surface area contributed by atoms with Gasteiger partial charge in [0, 0.05) is 24.6 Å². The molecule has 0 radical (unpaired) electrons. The van der Waals surface area contributed by atoms with Crippen molar-refractivity contribution in [3.05, 3.63) is 67.8 Å². The van der Waals surface area contributed by atoms with E-state index in [9.17, 15) is 18.4 Å². The van der Waals surface area contributed by atoms with Crippen LogP contribution < -0.4 is 10.9 Å². The highest BCUT2D eigenvalue weighted by Crippen LogP contribution is 2.35. The van der Waals surface area contributed by atoms with Gasteiger partial charge in [-0.15, -0.1) is 0 Å². The number of aryl methyl sites for hydroxylation is 1. The minimum atomic E-state index is -0.727. The van der Waals surface area contributed by atoms with Crippen molar-refractivity contribution >= 4 is 45.1 Å². The molecule has 144 valence electrons. The first-order valence-corrected chi connectivity index (χ1v) is 9.96. The van der Waals surface area contributed by atoms with Crippen molar-refractivity contribution in [3.8, 4) is 0 Å². The Kier molecular flexibility index (Phi) is 5.13. The van der Waals surface area contributed by atoms with E-state index in [1.165, 1.54) is 0 Å². The SMILES string of the molecule is O=C(CCc1nc2ccccc2c(=O)n1C1CC1)Nc1cc(F)c(I)c(F)c1. The van der Waals surface area contributed by atoms with Gasteiger partial charge in [-0.05, 0) is 59.7 Å². The zero-order valence-corrected chi connectivity index (χ0v) is 16.9. The van der Waals surface area contributed by atoms with Crippen LogP contribution in [0, 0.1) is 15.2 Å². The molecule has 2 aromatic carbocycles. The lowest BCUT2D eigenvalue weighted by Gasteiger charge is -2.13. The highest BCUT2D eigenvalue weighted by molar-refractivity contribution is 14.1. The third-order valence-electron chi connectivity index (χ3n) is 4.64. The average Bonchev–Trinajstić information content (AvgIpc) is 3.49. The Bertz CT molecular complexity index is 1120. The molecule has 28 heavy (non-hydrogen) atoms. The number of rotatable bonds is 5. The number of benzene rings is 2. The summed E-state index contributed by atoms with van der Waals surface area (Å²) in [6.45, 7) is 0. The maximum Gasteiger partial charge on any atom is 0.261 e. The maximum atomic E-state index is 13.6. The second-order valence-electron chi connectivity index (χ2n) is 6.75. The fourth-order valence-corrected chi connectivity index (χ4v) is 3.47. The van der Waals surface area contributed by atoms with Gasteiger partial charge in [-0.1, -0.05) is 12.1 Å². The maximum absolute atomic E-state index is 13.6. The number of aromatic nitrogens is 2. The molecule has 1 amide bonds. The van der Waals surface area contributed by atoms with Gasteiger partial charge in [0.15, 0.2) is 0 Å². The molecule has 0 unspecified atom stereocenters. The summed E-state index contributed by atoms with van der Waals surface area (Å²) in [5.74, 6) is -1.30. The van der Waals surface area contributed by atoms with Gasteiger partial charge in [0.25, 0.3) is 5.56 Å². The highest BCUT2D eigenvalue weighted by atomic mass is 127. The summed E-state index contributed by atoms with van der Waals surface area (Å²) in [4.78, 5) is 29.7. The average molecular weight is 495 g/mol. The number of hydrogen-bond donors (Lipinski definition) is 1. The van der Waals surface area contributed by atoms with Gasteiger partial charge >= 0.3 is 0 Å². The Morgan fingerprint density at radius 2 is 1.89 bits per heavy atom. The van der Waals surface area contributed by atoms with Crippen LogP contribution in [-0.4, -0.2) is 15.5 Å². The first-order valence-electron chi connectivity index (χ1n) is 8.88. The molecule has 5 nitrogen and oxygen atoms in total. The van der Waals surface area contributed by atoms with E-state index in [0.29, 0.717) is 16.7 Å². The lowest BCUT2D eigenvalue weighted by molar-refractivity contribution is -0.116. The molecule has 1 N–H and O–H groups in total. The van der Waals surface area contributed by atoms with Crippen molar-refractivity contribution in [1.29, 1.82) is 0 Å². The molecule has 3 aromatic rings. The number of amides is 1. The lowest BCUT2D eigenvalue weighted by Crippen LogP contribution is -2.25. The summed E-state index contributed by atoms with van der Waals surface area (Å²) >= 11 is 1.57. The number of hydrogen-bond acceptors (Lipinski definition) is 3. The zero-order valence-electron chi connectivity index (χ0n) is 14.7.